The highest BCUT2D eigenvalue weighted by molar-refractivity contribution is 5.54. The Bertz CT molecular complexity index is 481. The zero-order valence-corrected chi connectivity index (χ0v) is 10.1. The van der Waals surface area contributed by atoms with Crippen LogP contribution in [-0.4, -0.2) is 24.3 Å². The molecule has 1 fully saturated rings. The number of rotatable bonds is 3. The minimum absolute atomic E-state index is 0.0564. The number of likely N-dealkylation sites (tertiary alicyclic amines) is 1. The second kappa shape index (κ2) is 5.74. The number of nitriles is 1. The SMILES string of the molecule is N#Cc1cccc(CN2CCCC(C=O)C2)c1F. The Balaban J connectivity index is 2.10. The van der Waals surface area contributed by atoms with E-state index in [1.54, 1.807) is 12.1 Å². The van der Waals surface area contributed by atoms with E-state index in [-0.39, 0.29) is 11.5 Å². The molecule has 1 atom stereocenters. The number of piperidine rings is 1. The van der Waals surface area contributed by atoms with Crippen molar-refractivity contribution in [2.45, 2.75) is 19.4 Å². The fraction of sp³-hybridized carbons (Fsp3) is 0.429. The molecule has 2 rings (SSSR count). The van der Waals surface area contributed by atoms with Crippen molar-refractivity contribution < 1.29 is 9.18 Å². The first kappa shape index (κ1) is 12.7. The minimum Gasteiger partial charge on any atom is -0.303 e. The molecule has 0 bridgehead atoms. The third-order valence-corrected chi connectivity index (χ3v) is 3.33. The number of halogens is 1. The van der Waals surface area contributed by atoms with E-state index < -0.39 is 5.82 Å². The maximum absolute atomic E-state index is 13.9. The Morgan fingerprint density at radius 2 is 2.39 bits per heavy atom. The van der Waals surface area contributed by atoms with Crippen molar-refractivity contribution in [3.63, 3.8) is 0 Å². The van der Waals surface area contributed by atoms with Crippen LogP contribution in [0.2, 0.25) is 0 Å². The number of nitrogens with zero attached hydrogens (tertiary/aromatic N) is 2. The second-order valence-electron chi connectivity index (χ2n) is 4.66. The Morgan fingerprint density at radius 1 is 1.56 bits per heavy atom. The van der Waals surface area contributed by atoms with Crippen LogP contribution < -0.4 is 0 Å². The van der Waals surface area contributed by atoms with Gasteiger partial charge in [-0.1, -0.05) is 12.1 Å². The fourth-order valence-electron chi connectivity index (χ4n) is 2.38. The van der Waals surface area contributed by atoms with Crippen molar-refractivity contribution in [3.05, 3.63) is 35.1 Å². The molecule has 0 aromatic heterocycles. The van der Waals surface area contributed by atoms with Crippen LogP contribution in [0.5, 0.6) is 0 Å². The minimum atomic E-state index is -0.437. The summed E-state index contributed by atoms with van der Waals surface area (Å²) in [5, 5.41) is 8.78. The molecule has 0 amide bonds. The number of aldehydes is 1. The van der Waals surface area contributed by atoms with Gasteiger partial charge < -0.3 is 4.79 Å². The molecule has 0 radical (unpaired) electrons. The molecule has 0 N–H and O–H groups in total. The lowest BCUT2D eigenvalue weighted by atomic mass is 9.99. The molecule has 1 unspecified atom stereocenters. The average Bonchev–Trinajstić information content (AvgIpc) is 2.41. The van der Waals surface area contributed by atoms with Crippen LogP contribution in [0.25, 0.3) is 0 Å². The molecule has 1 saturated heterocycles. The molecule has 1 aliphatic heterocycles. The highest BCUT2D eigenvalue weighted by Crippen LogP contribution is 2.19. The van der Waals surface area contributed by atoms with Crippen molar-refractivity contribution in [1.82, 2.24) is 4.90 Å². The molecular weight excluding hydrogens is 231 g/mol. The van der Waals surface area contributed by atoms with Crippen LogP contribution in [-0.2, 0) is 11.3 Å². The summed E-state index contributed by atoms with van der Waals surface area (Å²) in [6, 6.07) is 6.71. The molecular formula is C14H15FN2O. The highest BCUT2D eigenvalue weighted by Gasteiger charge is 2.20. The predicted molar refractivity (Wildman–Crippen MR) is 65.2 cm³/mol. The number of carbonyl (C=O) groups is 1. The second-order valence-corrected chi connectivity index (χ2v) is 4.66. The Labute approximate surface area is 106 Å². The van der Waals surface area contributed by atoms with Gasteiger partial charge >= 0.3 is 0 Å². The first-order chi connectivity index (χ1) is 8.74. The Hall–Kier alpha value is -1.73. The van der Waals surface area contributed by atoms with E-state index in [1.165, 1.54) is 6.07 Å². The Kier molecular flexibility index (Phi) is 4.06. The first-order valence-electron chi connectivity index (χ1n) is 6.09. The highest BCUT2D eigenvalue weighted by atomic mass is 19.1. The van der Waals surface area contributed by atoms with Gasteiger partial charge in [-0.05, 0) is 25.5 Å². The van der Waals surface area contributed by atoms with Crippen LogP contribution in [0.3, 0.4) is 0 Å². The van der Waals surface area contributed by atoms with Crippen molar-refractivity contribution in [2.75, 3.05) is 13.1 Å². The van der Waals surface area contributed by atoms with Crippen LogP contribution in [0.1, 0.15) is 24.0 Å². The van der Waals surface area contributed by atoms with Gasteiger partial charge in [-0.3, -0.25) is 4.90 Å². The van der Waals surface area contributed by atoms with Gasteiger partial charge in [0.05, 0.1) is 5.56 Å². The van der Waals surface area contributed by atoms with Gasteiger partial charge in [-0.15, -0.1) is 0 Å². The maximum atomic E-state index is 13.9. The average molecular weight is 246 g/mol. The molecule has 1 aromatic carbocycles. The standard InChI is InChI=1S/C14H15FN2O/c15-14-12(7-16)4-1-5-13(14)9-17-6-2-3-11(8-17)10-18/h1,4-5,10-11H,2-3,6,8-9H2. The maximum Gasteiger partial charge on any atom is 0.145 e. The van der Waals surface area contributed by atoms with Gasteiger partial charge in [0.15, 0.2) is 0 Å². The lowest BCUT2D eigenvalue weighted by Gasteiger charge is -2.30. The smallest absolute Gasteiger partial charge is 0.145 e. The van der Waals surface area contributed by atoms with Crippen LogP contribution in [0.15, 0.2) is 18.2 Å². The monoisotopic (exact) mass is 246 g/mol. The molecule has 0 aliphatic carbocycles. The van der Waals surface area contributed by atoms with Crippen LogP contribution in [0.4, 0.5) is 4.39 Å². The van der Waals surface area contributed by atoms with Gasteiger partial charge in [0, 0.05) is 24.6 Å². The van der Waals surface area contributed by atoms with E-state index in [9.17, 15) is 9.18 Å². The first-order valence-corrected chi connectivity index (χ1v) is 6.09. The number of hydrogen-bond donors (Lipinski definition) is 0. The molecule has 0 saturated carbocycles. The normalized spacial score (nSPS) is 20.3. The van der Waals surface area contributed by atoms with Crippen LogP contribution >= 0.6 is 0 Å². The molecule has 1 aromatic rings. The number of hydrogen-bond acceptors (Lipinski definition) is 3. The molecule has 1 aliphatic rings. The largest absolute Gasteiger partial charge is 0.303 e. The Morgan fingerprint density at radius 3 is 3.11 bits per heavy atom. The van der Waals surface area contributed by atoms with E-state index in [4.69, 9.17) is 5.26 Å². The summed E-state index contributed by atoms with van der Waals surface area (Å²) in [5.41, 5.74) is 0.608. The molecule has 0 spiro atoms. The number of carbonyl (C=O) groups excluding carboxylic acids is 1. The zero-order valence-electron chi connectivity index (χ0n) is 10.1. The molecule has 18 heavy (non-hydrogen) atoms. The quantitative estimate of drug-likeness (QED) is 0.767. The van der Waals surface area contributed by atoms with Gasteiger partial charge in [0.2, 0.25) is 0 Å². The van der Waals surface area contributed by atoms with Gasteiger partial charge in [-0.2, -0.15) is 5.26 Å². The van der Waals surface area contributed by atoms with Crippen molar-refractivity contribution in [1.29, 1.82) is 5.26 Å². The van der Waals surface area contributed by atoms with Gasteiger partial charge in [0.1, 0.15) is 18.2 Å². The van der Waals surface area contributed by atoms with E-state index >= 15 is 0 Å². The molecule has 94 valence electrons. The zero-order chi connectivity index (χ0) is 13.0. The lowest BCUT2D eigenvalue weighted by Crippen LogP contribution is -2.35. The molecule has 3 nitrogen and oxygen atoms in total. The van der Waals surface area contributed by atoms with Crippen molar-refractivity contribution >= 4 is 6.29 Å². The molecule has 1 heterocycles. The lowest BCUT2D eigenvalue weighted by molar-refractivity contribution is -0.112. The fourth-order valence-corrected chi connectivity index (χ4v) is 2.38. The van der Waals surface area contributed by atoms with E-state index in [0.717, 1.165) is 25.7 Å². The summed E-state index contributed by atoms with van der Waals surface area (Å²) in [4.78, 5) is 12.9. The summed E-state index contributed by atoms with van der Waals surface area (Å²) < 4.78 is 13.9. The van der Waals surface area contributed by atoms with E-state index in [0.29, 0.717) is 18.7 Å². The summed E-state index contributed by atoms with van der Waals surface area (Å²) in [7, 11) is 0. The summed E-state index contributed by atoms with van der Waals surface area (Å²) >= 11 is 0. The van der Waals surface area contributed by atoms with Crippen LogP contribution in [0, 0.1) is 23.1 Å². The van der Waals surface area contributed by atoms with Gasteiger partial charge in [0.25, 0.3) is 0 Å². The summed E-state index contributed by atoms with van der Waals surface area (Å²) in [5.74, 6) is -0.380. The predicted octanol–water partition coefficient (Wildman–Crippen LogP) is 2.11. The van der Waals surface area contributed by atoms with Crippen molar-refractivity contribution in [3.8, 4) is 6.07 Å². The summed E-state index contributed by atoms with van der Waals surface area (Å²) in [6.07, 6.45) is 2.86. The third-order valence-electron chi connectivity index (χ3n) is 3.33. The summed E-state index contributed by atoms with van der Waals surface area (Å²) in [6.45, 7) is 2.02. The third kappa shape index (κ3) is 2.74. The molecule has 4 heteroatoms. The van der Waals surface area contributed by atoms with E-state index in [1.807, 2.05) is 6.07 Å². The van der Waals surface area contributed by atoms with Gasteiger partial charge in [-0.25, -0.2) is 4.39 Å². The van der Waals surface area contributed by atoms with E-state index in [2.05, 4.69) is 4.90 Å². The topological polar surface area (TPSA) is 44.1 Å². The van der Waals surface area contributed by atoms with Crippen molar-refractivity contribution in [2.24, 2.45) is 5.92 Å². The number of benzene rings is 1.